The zero-order valence-electron chi connectivity index (χ0n) is 12.2. The molecule has 2 atom stereocenters. The van der Waals surface area contributed by atoms with Crippen LogP contribution in [-0.4, -0.2) is 48.3 Å². The molecule has 0 aromatic rings. The van der Waals surface area contributed by atoms with Gasteiger partial charge in [0, 0.05) is 25.0 Å². The van der Waals surface area contributed by atoms with Crippen molar-refractivity contribution >= 4 is 12.0 Å². The first kappa shape index (κ1) is 17.6. The van der Waals surface area contributed by atoms with E-state index in [1.165, 1.54) is 0 Å². The lowest BCUT2D eigenvalue weighted by molar-refractivity contribution is -0.160. The molecule has 21 heavy (non-hydrogen) atoms. The minimum Gasteiger partial charge on any atom is -0.440 e. The summed E-state index contributed by atoms with van der Waals surface area (Å²) in [7, 11) is 0. The smallest absolute Gasteiger partial charge is 0.422 e. The number of carbonyl (C=O) groups is 2. The number of alkyl halides is 3. The first-order chi connectivity index (χ1) is 9.70. The van der Waals surface area contributed by atoms with Gasteiger partial charge in [-0.05, 0) is 33.1 Å². The van der Waals surface area contributed by atoms with Gasteiger partial charge in [-0.25, -0.2) is 4.79 Å². The summed E-state index contributed by atoms with van der Waals surface area (Å²) >= 11 is 0. The molecule has 0 bridgehead atoms. The molecule has 1 saturated heterocycles. The Bertz CT molecular complexity index is 364. The largest absolute Gasteiger partial charge is 0.440 e. The van der Waals surface area contributed by atoms with Crippen molar-refractivity contribution in [2.45, 2.75) is 57.8 Å². The summed E-state index contributed by atoms with van der Waals surface area (Å²) in [5, 5.41) is 2.15. The molecule has 1 rings (SSSR count). The Hall–Kier alpha value is -1.47. The number of hydrogen-bond acceptors (Lipinski definition) is 3. The van der Waals surface area contributed by atoms with Crippen molar-refractivity contribution in [3.8, 4) is 0 Å². The molecule has 0 aliphatic carbocycles. The molecule has 1 N–H and O–H groups in total. The Labute approximate surface area is 121 Å². The minimum absolute atomic E-state index is 0.0362. The normalized spacial score (nSPS) is 22.8. The van der Waals surface area contributed by atoms with Crippen LogP contribution < -0.4 is 5.32 Å². The van der Waals surface area contributed by atoms with E-state index in [0.29, 0.717) is 0 Å². The lowest BCUT2D eigenvalue weighted by Crippen LogP contribution is -2.48. The molecule has 8 heteroatoms. The number of piperidine rings is 1. The van der Waals surface area contributed by atoms with Gasteiger partial charge in [-0.2, -0.15) is 13.2 Å². The highest BCUT2D eigenvalue weighted by atomic mass is 19.4. The standard InChI is InChI=1S/C13H21F3N2O3/c1-9-4-3-5-10(2)18(9)11(19)6-7-17-12(20)21-8-13(14,15)16/h9-10H,3-8H2,1-2H3,(H,17,20)/t9-,10-/m0/s1. The summed E-state index contributed by atoms with van der Waals surface area (Å²) in [4.78, 5) is 24.9. The Morgan fingerprint density at radius 2 is 1.81 bits per heavy atom. The molecular formula is C13H21F3N2O3. The molecule has 0 saturated carbocycles. The van der Waals surface area contributed by atoms with E-state index in [-0.39, 0.29) is 31.0 Å². The summed E-state index contributed by atoms with van der Waals surface area (Å²) in [6.07, 6.45) is -2.70. The molecule has 2 amide bonds. The number of alkyl carbamates (subject to hydrolysis) is 1. The van der Waals surface area contributed by atoms with Crippen molar-refractivity contribution in [3.63, 3.8) is 0 Å². The summed E-state index contributed by atoms with van der Waals surface area (Å²) < 4.78 is 39.5. The Kier molecular flexibility index (Phi) is 6.29. The Morgan fingerprint density at radius 1 is 1.24 bits per heavy atom. The number of carbonyl (C=O) groups excluding carboxylic acids is 2. The van der Waals surface area contributed by atoms with E-state index < -0.39 is 18.9 Å². The fourth-order valence-corrected chi connectivity index (χ4v) is 2.51. The summed E-state index contributed by atoms with van der Waals surface area (Å²) in [6.45, 7) is 2.27. The molecule has 1 fully saturated rings. The third-order valence-electron chi connectivity index (χ3n) is 3.46. The maximum atomic E-state index is 12.1. The number of amides is 2. The quantitative estimate of drug-likeness (QED) is 0.868. The van der Waals surface area contributed by atoms with Crippen LogP contribution in [0, 0.1) is 0 Å². The number of rotatable bonds is 4. The maximum absolute atomic E-state index is 12.1. The Balaban J connectivity index is 2.28. The van der Waals surface area contributed by atoms with Crippen LogP contribution in [0.1, 0.15) is 39.5 Å². The molecular weight excluding hydrogens is 289 g/mol. The lowest BCUT2D eigenvalue weighted by atomic mass is 9.97. The van der Waals surface area contributed by atoms with E-state index in [0.717, 1.165) is 19.3 Å². The third-order valence-corrected chi connectivity index (χ3v) is 3.46. The van der Waals surface area contributed by atoms with Gasteiger partial charge in [-0.3, -0.25) is 4.79 Å². The molecule has 122 valence electrons. The van der Waals surface area contributed by atoms with E-state index in [9.17, 15) is 22.8 Å². The van der Waals surface area contributed by atoms with Gasteiger partial charge in [0.25, 0.3) is 0 Å². The van der Waals surface area contributed by atoms with Crippen LogP contribution in [0.5, 0.6) is 0 Å². The highest BCUT2D eigenvalue weighted by molar-refractivity contribution is 5.78. The zero-order chi connectivity index (χ0) is 16.0. The van der Waals surface area contributed by atoms with E-state index in [1.54, 1.807) is 4.90 Å². The average molecular weight is 310 g/mol. The van der Waals surface area contributed by atoms with Gasteiger partial charge in [0.2, 0.25) is 5.91 Å². The maximum Gasteiger partial charge on any atom is 0.422 e. The predicted molar refractivity (Wildman–Crippen MR) is 69.6 cm³/mol. The second-order valence-electron chi connectivity index (χ2n) is 5.30. The van der Waals surface area contributed by atoms with Crippen molar-refractivity contribution in [3.05, 3.63) is 0 Å². The monoisotopic (exact) mass is 310 g/mol. The number of halogens is 3. The molecule has 1 aliphatic heterocycles. The van der Waals surface area contributed by atoms with Crippen molar-refractivity contribution < 1.29 is 27.5 Å². The third kappa shape index (κ3) is 6.22. The van der Waals surface area contributed by atoms with E-state index >= 15 is 0 Å². The second kappa shape index (κ2) is 7.51. The molecule has 0 spiro atoms. The van der Waals surface area contributed by atoms with Crippen molar-refractivity contribution in [2.24, 2.45) is 0 Å². The van der Waals surface area contributed by atoms with E-state index in [2.05, 4.69) is 10.1 Å². The fraction of sp³-hybridized carbons (Fsp3) is 0.846. The molecule has 1 heterocycles. The highest BCUT2D eigenvalue weighted by Crippen LogP contribution is 2.23. The second-order valence-corrected chi connectivity index (χ2v) is 5.30. The average Bonchev–Trinajstić information content (AvgIpc) is 2.35. The van der Waals surface area contributed by atoms with Gasteiger partial charge >= 0.3 is 12.3 Å². The molecule has 1 aliphatic rings. The van der Waals surface area contributed by atoms with Crippen LogP contribution in [0.25, 0.3) is 0 Å². The predicted octanol–water partition coefficient (Wildman–Crippen LogP) is 2.45. The minimum atomic E-state index is -4.55. The van der Waals surface area contributed by atoms with Gasteiger partial charge in [0.1, 0.15) is 0 Å². The Morgan fingerprint density at radius 3 is 2.33 bits per heavy atom. The first-order valence-electron chi connectivity index (χ1n) is 6.99. The number of hydrogen-bond donors (Lipinski definition) is 1. The molecule has 0 aromatic heterocycles. The van der Waals surface area contributed by atoms with Crippen LogP contribution >= 0.6 is 0 Å². The van der Waals surface area contributed by atoms with Crippen LogP contribution in [0.3, 0.4) is 0 Å². The van der Waals surface area contributed by atoms with Crippen LogP contribution in [0.2, 0.25) is 0 Å². The van der Waals surface area contributed by atoms with Crippen LogP contribution in [-0.2, 0) is 9.53 Å². The zero-order valence-corrected chi connectivity index (χ0v) is 12.2. The number of likely N-dealkylation sites (tertiary alicyclic amines) is 1. The molecule has 0 aromatic carbocycles. The highest BCUT2D eigenvalue weighted by Gasteiger charge is 2.30. The molecule has 5 nitrogen and oxygen atoms in total. The van der Waals surface area contributed by atoms with E-state index in [1.807, 2.05) is 13.8 Å². The van der Waals surface area contributed by atoms with Gasteiger partial charge in [-0.1, -0.05) is 0 Å². The van der Waals surface area contributed by atoms with Crippen LogP contribution in [0.4, 0.5) is 18.0 Å². The summed E-state index contributed by atoms with van der Waals surface area (Å²) in [6, 6.07) is 0.303. The van der Waals surface area contributed by atoms with Gasteiger partial charge in [0.05, 0.1) is 0 Å². The lowest BCUT2D eigenvalue weighted by Gasteiger charge is -2.39. The molecule has 0 radical (unpaired) electrons. The van der Waals surface area contributed by atoms with Crippen molar-refractivity contribution in [2.75, 3.05) is 13.2 Å². The van der Waals surface area contributed by atoms with Gasteiger partial charge in [0.15, 0.2) is 6.61 Å². The summed E-state index contributed by atoms with van der Waals surface area (Å²) in [5.74, 6) is -0.106. The van der Waals surface area contributed by atoms with E-state index in [4.69, 9.17) is 0 Å². The molecule has 0 unspecified atom stereocenters. The van der Waals surface area contributed by atoms with Gasteiger partial charge in [-0.15, -0.1) is 0 Å². The number of nitrogens with zero attached hydrogens (tertiary/aromatic N) is 1. The first-order valence-corrected chi connectivity index (χ1v) is 6.99. The fourth-order valence-electron chi connectivity index (χ4n) is 2.51. The number of nitrogens with one attached hydrogen (secondary N) is 1. The number of ether oxygens (including phenoxy) is 1. The van der Waals surface area contributed by atoms with Gasteiger partial charge < -0.3 is 15.0 Å². The topological polar surface area (TPSA) is 58.6 Å². The summed E-state index contributed by atoms with van der Waals surface area (Å²) in [5.41, 5.74) is 0. The van der Waals surface area contributed by atoms with Crippen molar-refractivity contribution in [1.82, 2.24) is 10.2 Å². The van der Waals surface area contributed by atoms with Crippen molar-refractivity contribution in [1.29, 1.82) is 0 Å². The van der Waals surface area contributed by atoms with Crippen LogP contribution in [0.15, 0.2) is 0 Å². The SMILES string of the molecule is C[C@H]1CCC[C@H](C)N1C(=O)CCNC(=O)OCC(F)(F)F.